The van der Waals surface area contributed by atoms with Gasteiger partial charge in [-0.1, -0.05) is 12.1 Å². The molecule has 1 saturated heterocycles. The summed E-state index contributed by atoms with van der Waals surface area (Å²) in [4.78, 5) is 0. The maximum Gasteiger partial charge on any atom is 0.141 e. The Kier molecular flexibility index (Phi) is 3.84. The van der Waals surface area contributed by atoms with Crippen LogP contribution in [0.3, 0.4) is 0 Å². The zero-order valence-electron chi connectivity index (χ0n) is 9.85. The van der Waals surface area contributed by atoms with Crippen molar-refractivity contribution in [3.8, 4) is 11.8 Å². The summed E-state index contributed by atoms with van der Waals surface area (Å²) in [5, 5.41) is 12.4. The van der Waals surface area contributed by atoms with Gasteiger partial charge in [-0.2, -0.15) is 5.26 Å². The SMILES string of the molecule is COc1ccccc1NC(C#N)C1CCCO1. The van der Waals surface area contributed by atoms with Gasteiger partial charge in [0, 0.05) is 6.61 Å². The Hall–Kier alpha value is -1.73. The van der Waals surface area contributed by atoms with Crippen molar-refractivity contribution in [2.75, 3.05) is 19.0 Å². The first-order chi connectivity index (χ1) is 8.35. The van der Waals surface area contributed by atoms with Crippen LogP contribution in [0.15, 0.2) is 24.3 Å². The summed E-state index contributed by atoms with van der Waals surface area (Å²) in [5.74, 6) is 0.741. The first kappa shape index (κ1) is 11.7. The number of benzene rings is 1. The number of rotatable bonds is 4. The molecule has 0 aromatic heterocycles. The molecule has 1 aromatic rings. The average Bonchev–Trinajstić information content (AvgIpc) is 2.90. The minimum atomic E-state index is -0.325. The lowest BCUT2D eigenvalue weighted by Crippen LogP contribution is -2.31. The van der Waals surface area contributed by atoms with Crippen LogP contribution in [0.2, 0.25) is 0 Å². The van der Waals surface area contributed by atoms with Gasteiger partial charge in [-0.05, 0) is 25.0 Å². The maximum absolute atomic E-state index is 9.18. The third kappa shape index (κ3) is 2.69. The molecular formula is C13H16N2O2. The highest BCUT2D eigenvalue weighted by atomic mass is 16.5. The summed E-state index contributed by atoms with van der Waals surface area (Å²) in [6.07, 6.45) is 1.93. The predicted octanol–water partition coefficient (Wildman–Crippen LogP) is 2.18. The van der Waals surface area contributed by atoms with E-state index in [1.807, 2.05) is 24.3 Å². The van der Waals surface area contributed by atoms with Crippen LogP contribution in [0.4, 0.5) is 5.69 Å². The third-order valence-electron chi connectivity index (χ3n) is 2.89. The number of ether oxygens (including phenoxy) is 2. The van der Waals surface area contributed by atoms with Gasteiger partial charge in [0.05, 0.1) is 25.0 Å². The zero-order valence-corrected chi connectivity index (χ0v) is 9.85. The molecule has 0 bridgehead atoms. The highest BCUT2D eigenvalue weighted by molar-refractivity contribution is 5.57. The second kappa shape index (κ2) is 5.55. The van der Waals surface area contributed by atoms with Crippen LogP contribution in [0.1, 0.15) is 12.8 Å². The fraction of sp³-hybridized carbons (Fsp3) is 0.462. The van der Waals surface area contributed by atoms with Gasteiger partial charge < -0.3 is 14.8 Å². The molecule has 4 heteroatoms. The molecule has 0 spiro atoms. The van der Waals surface area contributed by atoms with E-state index in [4.69, 9.17) is 9.47 Å². The van der Waals surface area contributed by atoms with Crippen molar-refractivity contribution in [3.05, 3.63) is 24.3 Å². The minimum absolute atomic E-state index is 0.0232. The topological polar surface area (TPSA) is 54.3 Å². The monoisotopic (exact) mass is 232 g/mol. The van der Waals surface area contributed by atoms with Crippen LogP contribution in [-0.4, -0.2) is 25.9 Å². The van der Waals surface area contributed by atoms with Crippen LogP contribution in [0.25, 0.3) is 0 Å². The molecule has 90 valence electrons. The summed E-state index contributed by atoms with van der Waals surface area (Å²) in [6.45, 7) is 0.746. The number of hydrogen-bond acceptors (Lipinski definition) is 4. The van der Waals surface area contributed by atoms with Crippen molar-refractivity contribution >= 4 is 5.69 Å². The molecule has 1 N–H and O–H groups in total. The van der Waals surface area contributed by atoms with Gasteiger partial charge in [0.2, 0.25) is 0 Å². The van der Waals surface area contributed by atoms with Crippen LogP contribution >= 0.6 is 0 Å². The van der Waals surface area contributed by atoms with E-state index in [0.717, 1.165) is 30.9 Å². The quantitative estimate of drug-likeness (QED) is 0.864. The lowest BCUT2D eigenvalue weighted by Gasteiger charge is -2.20. The Morgan fingerprint density at radius 2 is 2.35 bits per heavy atom. The van der Waals surface area contributed by atoms with E-state index in [9.17, 15) is 5.26 Å². The van der Waals surface area contributed by atoms with E-state index in [2.05, 4.69) is 11.4 Å². The largest absolute Gasteiger partial charge is 0.495 e. The fourth-order valence-corrected chi connectivity index (χ4v) is 2.01. The van der Waals surface area contributed by atoms with Crippen molar-refractivity contribution in [2.45, 2.75) is 25.0 Å². The molecular weight excluding hydrogens is 216 g/mol. The molecule has 2 rings (SSSR count). The average molecular weight is 232 g/mol. The van der Waals surface area contributed by atoms with Crippen LogP contribution in [0.5, 0.6) is 5.75 Å². The van der Waals surface area contributed by atoms with Crippen LogP contribution < -0.4 is 10.1 Å². The van der Waals surface area contributed by atoms with Crippen molar-refractivity contribution in [3.63, 3.8) is 0 Å². The van der Waals surface area contributed by atoms with Gasteiger partial charge in [0.25, 0.3) is 0 Å². The third-order valence-corrected chi connectivity index (χ3v) is 2.89. The maximum atomic E-state index is 9.18. The van der Waals surface area contributed by atoms with Gasteiger partial charge >= 0.3 is 0 Å². The Balaban J connectivity index is 2.10. The molecule has 0 radical (unpaired) electrons. The first-order valence-electron chi connectivity index (χ1n) is 5.76. The van der Waals surface area contributed by atoms with Crippen molar-refractivity contribution in [2.24, 2.45) is 0 Å². The van der Waals surface area contributed by atoms with E-state index in [1.54, 1.807) is 7.11 Å². The van der Waals surface area contributed by atoms with Crippen molar-refractivity contribution in [1.29, 1.82) is 5.26 Å². The Bertz CT molecular complexity index is 408. The van der Waals surface area contributed by atoms with Gasteiger partial charge in [-0.3, -0.25) is 0 Å². The molecule has 0 amide bonds. The molecule has 4 nitrogen and oxygen atoms in total. The second-order valence-corrected chi connectivity index (χ2v) is 4.00. The summed E-state index contributed by atoms with van der Waals surface area (Å²) >= 11 is 0. The lowest BCUT2D eigenvalue weighted by atomic mass is 10.1. The summed E-state index contributed by atoms with van der Waals surface area (Å²) in [6, 6.07) is 9.51. The highest BCUT2D eigenvalue weighted by Crippen LogP contribution is 2.26. The molecule has 1 heterocycles. The summed E-state index contributed by atoms with van der Waals surface area (Å²) < 4.78 is 10.8. The molecule has 0 aliphatic carbocycles. The number of anilines is 1. The number of hydrogen-bond donors (Lipinski definition) is 1. The predicted molar refractivity (Wildman–Crippen MR) is 65.0 cm³/mol. The smallest absolute Gasteiger partial charge is 0.141 e. The van der Waals surface area contributed by atoms with Crippen molar-refractivity contribution < 1.29 is 9.47 Å². The van der Waals surface area contributed by atoms with Gasteiger partial charge in [0.1, 0.15) is 11.8 Å². The summed E-state index contributed by atoms with van der Waals surface area (Å²) in [5.41, 5.74) is 0.831. The first-order valence-corrected chi connectivity index (χ1v) is 5.76. The minimum Gasteiger partial charge on any atom is -0.495 e. The molecule has 17 heavy (non-hydrogen) atoms. The molecule has 2 atom stereocenters. The molecule has 1 fully saturated rings. The van der Waals surface area contributed by atoms with E-state index in [-0.39, 0.29) is 12.1 Å². The Morgan fingerprint density at radius 3 is 3.00 bits per heavy atom. The molecule has 0 saturated carbocycles. The molecule has 1 aliphatic rings. The van der Waals surface area contributed by atoms with Gasteiger partial charge in [0.15, 0.2) is 0 Å². The van der Waals surface area contributed by atoms with E-state index >= 15 is 0 Å². The van der Waals surface area contributed by atoms with Gasteiger partial charge in [-0.15, -0.1) is 0 Å². The lowest BCUT2D eigenvalue weighted by molar-refractivity contribution is 0.107. The summed E-state index contributed by atoms with van der Waals surface area (Å²) in [7, 11) is 1.62. The normalized spacial score (nSPS) is 20.6. The number of nitrogens with one attached hydrogen (secondary N) is 1. The van der Waals surface area contributed by atoms with E-state index in [1.165, 1.54) is 0 Å². The van der Waals surface area contributed by atoms with Crippen LogP contribution in [0, 0.1) is 11.3 Å². The van der Waals surface area contributed by atoms with Crippen molar-refractivity contribution in [1.82, 2.24) is 0 Å². The van der Waals surface area contributed by atoms with Gasteiger partial charge in [-0.25, -0.2) is 0 Å². The molecule has 2 unspecified atom stereocenters. The molecule has 1 aromatic carbocycles. The number of nitrogens with zero attached hydrogens (tertiary/aromatic N) is 1. The van der Waals surface area contributed by atoms with Crippen LogP contribution in [-0.2, 0) is 4.74 Å². The van der Waals surface area contributed by atoms with E-state index < -0.39 is 0 Å². The molecule has 1 aliphatic heterocycles. The fourth-order valence-electron chi connectivity index (χ4n) is 2.01. The second-order valence-electron chi connectivity index (χ2n) is 4.00. The zero-order chi connectivity index (χ0) is 12.1. The number of nitriles is 1. The number of para-hydroxylation sites is 2. The Morgan fingerprint density at radius 1 is 1.53 bits per heavy atom. The Labute approximate surface area is 101 Å². The number of methoxy groups -OCH3 is 1. The highest BCUT2D eigenvalue weighted by Gasteiger charge is 2.26. The van der Waals surface area contributed by atoms with E-state index in [0.29, 0.717) is 0 Å². The standard InChI is InChI=1S/C13H16N2O2/c1-16-12-6-3-2-5-10(12)15-11(9-14)13-7-4-8-17-13/h2-3,5-6,11,13,15H,4,7-8H2,1H3.